The molecule has 128 valence electrons. The fraction of sp³-hybridized carbons (Fsp3) is 0.238. The lowest BCUT2D eigenvalue weighted by Gasteiger charge is -2.30. The molecule has 4 heteroatoms. The largest absolute Gasteiger partial charge is 0.508 e. The summed E-state index contributed by atoms with van der Waals surface area (Å²) in [5, 5.41) is 13.1. The highest BCUT2D eigenvalue weighted by Crippen LogP contribution is 2.43. The van der Waals surface area contributed by atoms with E-state index >= 15 is 0 Å². The number of aromatic hydroxyl groups is 1. The molecule has 1 fully saturated rings. The van der Waals surface area contributed by atoms with E-state index in [0.29, 0.717) is 5.75 Å². The van der Waals surface area contributed by atoms with Crippen molar-refractivity contribution in [3.05, 3.63) is 74.7 Å². The number of phenols is 1. The lowest BCUT2D eigenvalue weighted by atomic mass is 9.91. The van der Waals surface area contributed by atoms with Crippen molar-refractivity contribution >= 4 is 42.6 Å². The van der Waals surface area contributed by atoms with E-state index in [1.807, 2.05) is 24.3 Å². The number of hydrogen-bond donors (Lipinski definition) is 1. The van der Waals surface area contributed by atoms with Gasteiger partial charge in [0.2, 0.25) is 0 Å². The Hall–Kier alpha value is -1.36. The van der Waals surface area contributed by atoms with Crippen LogP contribution in [0.2, 0.25) is 0 Å². The Labute approximate surface area is 164 Å². The van der Waals surface area contributed by atoms with Gasteiger partial charge in [0.1, 0.15) is 5.75 Å². The van der Waals surface area contributed by atoms with Crippen molar-refractivity contribution in [2.75, 3.05) is 13.1 Å². The summed E-state index contributed by atoms with van der Waals surface area (Å²) in [6.45, 7) is 2.11. The number of rotatable bonds is 3. The molecule has 1 unspecified atom stereocenters. The van der Waals surface area contributed by atoms with Crippen molar-refractivity contribution in [2.24, 2.45) is 0 Å². The van der Waals surface area contributed by atoms with Crippen molar-refractivity contribution < 1.29 is 5.11 Å². The average Bonchev–Trinajstić information content (AvgIpc) is 3.13. The van der Waals surface area contributed by atoms with Gasteiger partial charge in [0, 0.05) is 14.5 Å². The zero-order chi connectivity index (χ0) is 17.4. The van der Waals surface area contributed by atoms with Crippen LogP contribution in [0.15, 0.2) is 63.5 Å². The highest BCUT2D eigenvalue weighted by atomic mass is 79.9. The first-order chi connectivity index (χ1) is 12.1. The Bertz CT molecular complexity index is 919. The molecule has 1 saturated heterocycles. The van der Waals surface area contributed by atoms with Crippen LogP contribution < -0.4 is 0 Å². The molecule has 2 nitrogen and oxygen atoms in total. The molecule has 1 aliphatic heterocycles. The molecule has 1 aliphatic rings. The highest BCUT2D eigenvalue weighted by Gasteiger charge is 2.29. The summed E-state index contributed by atoms with van der Waals surface area (Å²) >= 11 is 7.28. The van der Waals surface area contributed by atoms with Crippen molar-refractivity contribution in [3.8, 4) is 5.75 Å². The van der Waals surface area contributed by atoms with Gasteiger partial charge >= 0.3 is 0 Å². The molecule has 0 spiro atoms. The summed E-state index contributed by atoms with van der Waals surface area (Å²) in [6.07, 6.45) is 2.41. The first-order valence-corrected chi connectivity index (χ1v) is 10.1. The molecule has 1 heterocycles. The number of nitrogens with zero attached hydrogens (tertiary/aromatic N) is 1. The zero-order valence-electron chi connectivity index (χ0n) is 13.8. The third kappa shape index (κ3) is 3.23. The fourth-order valence-corrected chi connectivity index (χ4v) is 4.71. The lowest BCUT2D eigenvalue weighted by molar-refractivity contribution is 0.276. The maximum atomic E-state index is 10.8. The van der Waals surface area contributed by atoms with Gasteiger partial charge in [-0.3, -0.25) is 4.90 Å². The number of phenolic OH excluding ortho intramolecular Hbond substituents is 1. The van der Waals surface area contributed by atoms with Gasteiger partial charge in [0.25, 0.3) is 0 Å². The van der Waals surface area contributed by atoms with Gasteiger partial charge in [-0.25, -0.2) is 0 Å². The normalized spacial score (nSPS) is 16.4. The second-order valence-electron chi connectivity index (χ2n) is 6.53. The summed E-state index contributed by atoms with van der Waals surface area (Å²) in [6, 6.07) is 18.5. The molecule has 0 aromatic heterocycles. The first kappa shape index (κ1) is 17.1. The van der Waals surface area contributed by atoms with Crippen LogP contribution in [-0.2, 0) is 0 Å². The van der Waals surface area contributed by atoms with E-state index in [1.165, 1.54) is 18.4 Å². The van der Waals surface area contributed by atoms with Crippen LogP contribution >= 0.6 is 31.9 Å². The molecule has 3 aromatic rings. The van der Waals surface area contributed by atoms with Gasteiger partial charge in [-0.2, -0.15) is 0 Å². The predicted molar refractivity (Wildman–Crippen MR) is 110 cm³/mol. The minimum atomic E-state index is 0.0444. The SMILES string of the molecule is Oc1ccc2cc(Br)ccc2c1C(c1ccccc1Br)N1CCCC1. The molecule has 0 radical (unpaired) electrons. The minimum absolute atomic E-state index is 0.0444. The Kier molecular flexibility index (Phi) is 4.85. The first-order valence-electron chi connectivity index (χ1n) is 8.55. The van der Waals surface area contributed by atoms with Crippen LogP contribution in [0.4, 0.5) is 0 Å². The summed E-state index contributed by atoms with van der Waals surface area (Å²) in [5.41, 5.74) is 2.20. The van der Waals surface area contributed by atoms with Crippen LogP contribution in [-0.4, -0.2) is 23.1 Å². The van der Waals surface area contributed by atoms with E-state index in [-0.39, 0.29) is 6.04 Å². The standard InChI is InChI=1S/C21H19Br2NO/c22-15-8-9-16-14(13-15)7-10-19(25)20(16)21(24-11-3-4-12-24)17-5-1-2-6-18(17)23/h1-2,5-10,13,21,25H,3-4,11-12H2. The number of halogens is 2. The smallest absolute Gasteiger partial charge is 0.121 e. The van der Waals surface area contributed by atoms with Crippen molar-refractivity contribution in [1.82, 2.24) is 4.90 Å². The van der Waals surface area contributed by atoms with E-state index in [0.717, 1.165) is 38.4 Å². The third-order valence-corrected chi connectivity index (χ3v) is 6.19. The van der Waals surface area contributed by atoms with Crippen molar-refractivity contribution in [2.45, 2.75) is 18.9 Å². The molecule has 0 aliphatic carbocycles. The molecule has 4 rings (SSSR count). The molecule has 3 aromatic carbocycles. The molecule has 0 bridgehead atoms. The maximum Gasteiger partial charge on any atom is 0.121 e. The summed E-state index contributed by atoms with van der Waals surface area (Å²) in [5.74, 6) is 0.363. The zero-order valence-corrected chi connectivity index (χ0v) is 16.9. The fourth-order valence-electron chi connectivity index (χ4n) is 3.83. The number of fused-ring (bicyclic) bond motifs is 1. The van der Waals surface area contributed by atoms with Crippen LogP contribution in [0.25, 0.3) is 10.8 Å². The monoisotopic (exact) mass is 459 g/mol. The molecule has 1 atom stereocenters. The van der Waals surface area contributed by atoms with E-state index in [9.17, 15) is 5.11 Å². The van der Waals surface area contributed by atoms with E-state index in [1.54, 1.807) is 0 Å². The summed E-state index contributed by atoms with van der Waals surface area (Å²) in [7, 11) is 0. The summed E-state index contributed by atoms with van der Waals surface area (Å²) < 4.78 is 2.13. The molecule has 0 saturated carbocycles. The molecular formula is C21H19Br2NO. The van der Waals surface area contributed by atoms with Crippen LogP contribution in [0, 0.1) is 0 Å². The van der Waals surface area contributed by atoms with Crippen LogP contribution in [0.5, 0.6) is 5.75 Å². The van der Waals surface area contributed by atoms with Gasteiger partial charge < -0.3 is 5.11 Å². The van der Waals surface area contributed by atoms with Crippen molar-refractivity contribution in [3.63, 3.8) is 0 Å². The predicted octanol–water partition coefficient (Wildman–Crippen LogP) is 6.26. The van der Waals surface area contributed by atoms with E-state index < -0.39 is 0 Å². The van der Waals surface area contributed by atoms with Gasteiger partial charge in [-0.15, -0.1) is 0 Å². The van der Waals surface area contributed by atoms with Gasteiger partial charge in [-0.05, 0) is 66.5 Å². The van der Waals surface area contributed by atoms with Crippen molar-refractivity contribution in [1.29, 1.82) is 0 Å². The Morgan fingerprint density at radius 3 is 2.44 bits per heavy atom. The van der Waals surface area contributed by atoms with Gasteiger partial charge in [0.15, 0.2) is 0 Å². The minimum Gasteiger partial charge on any atom is -0.508 e. The number of benzene rings is 3. The second kappa shape index (κ2) is 7.10. The summed E-state index contributed by atoms with van der Waals surface area (Å²) in [4.78, 5) is 2.48. The third-order valence-electron chi connectivity index (χ3n) is 4.98. The molecule has 0 amide bonds. The Balaban J connectivity index is 1.98. The average molecular weight is 461 g/mol. The lowest BCUT2D eigenvalue weighted by Crippen LogP contribution is -2.27. The van der Waals surface area contributed by atoms with Crippen LogP contribution in [0.1, 0.15) is 30.0 Å². The number of hydrogen-bond acceptors (Lipinski definition) is 2. The van der Waals surface area contributed by atoms with E-state index in [4.69, 9.17) is 0 Å². The van der Waals surface area contributed by atoms with E-state index in [2.05, 4.69) is 67.1 Å². The molecule has 25 heavy (non-hydrogen) atoms. The highest BCUT2D eigenvalue weighted by molar-refractivity contribution is 9.10. The van der Waals surface area contributed by atoms with Crippen LogP contribution in [0.3, 0.4) is 0 Å². The van der Waals surface area contributed by atoms with Gasteiger partial charge in [-0.1, -0.05) is 62.2 Å². The number of likely N-dealkylation sites (tertiary alicyclic amines) is 1. The molecular weight excluding hydrogens is 442 g/mol. The topological polar surface area (TPSA) is 23.5 Å². The Morgan fingerprint density at radius 1 is 0.920 bits per heavy atom. The Morgan fingerprint density at radius 2 is 1.68 bits per heavy atom. The van der Waals surface area contributed by atoms with Gasteiger partial charge in [0.05, 0.1) is 6.04 Å². The maximum absolute atomic E-state index is 10.8. The quantitative estimate of drug-likeness (QED) is 0.498. The molecule has 1 N–H and O–H groups in total. The second-order valence-corrected chi connectivity index (χ2v) is 8.30.